The van der Waals surface area contributed by atoms with Gasteiger partial charge in [-0.25, -0.2) is 0 Å². The Kier molecular flexibility index (Phi) is 5.72. The number of nitrogens with one attached hydrogen (secondary N) is 2. The second kappa shape index (κ2) is 8.59. The fourth-order valence-corrected chi connectivity index (χ4v) is 4.86. The monoisotopic (exact) mass is 419 g/mol. The number of aromatic nitrogens is 1. The van der Waals surface area contributed by atoms with Crippen LogP contribution in [0, 0.1) is 0 Å². The highest BCUT2D eigenvalue weighted by atomic mass is 32.1. The molecule has 30 heavy (non-hydrogen) atoms. The Morgan fingerprint density at radius 2 is 1.77 bits per heavy atom. The number of amides is 2. The van der Waals surface area contributed by atoms with Crippen LogP contribution in [0.5, 0.6) is 0 Å². The average molecular weight is 420 g/mol. The third kappa shape index (κ3) is 4.16. The van der Waals surface area contributed by atoms with Gasteiger partial charge < -0.3 is 10.6 Å². The predicted octanol–water partition coefficient (Wildman–Crippen LogP) is 4.73. The molecule has 0 fully saturated rings. The smallest absolute Gasteiger partial charge is 0.258 e. The molecule has 2 heterocycles. The van der Waals surface area contributed by atoms with Crippen LogP contribution < -0.4 is 10.6 Å². The molecule has 6 nitrogen and oxygen atoms in total. The lowest BCUT2D eigenvalue weighted by molar-refractivity contribution is 0.100. The average Bonchev–Trinajstić information content (AvgIpc) is 3.12. The summed E-state index contributed by atoms with van der Waals surface area (Å²) in [7, 11) is 0. The van der Waals surface area contributed by atoms with Crippen molar-refractivity contribution in [2.75, 3.05) is 10.6 Å². The molecule has 2 N–H and O–H groups in total. The molecule has 0 radical (unpaired) electrons. The lowest BCUT2D eigenvalue weighted by Gasteiger charge is -2.13. The summed E-state index contributed by atoms with van der Waals surface area (Å²) >= 11 is 1.46. The van der Waals surface area contributed by atoms with E-state index < -0.39 is 0 Å². The molecule has 0 aliphatic heterocycles. The largest absolute Gasteiger partial charge is 0.322 e. The molecule has 0 saturated carbocycles. The minimum atomic E-state index is -0.297. The van der Waals surface area contributed by atoms with Gasteiger partial charge >= 0.3 is 0 Å². The summed E-state index contributed by atoms with van der Waals surface area (Å²) in [6, 6.07) is 10.2. The molecule has 152 valence electrons. The normalized spacial score (nSPS) is 12.7. The molecule has 0 saturated heterocycles. The molecule has 2 aromatic heterocycles. The molecule has 0 spiro atoms. The summed E-state index contributed by atoms with van der Waals surface area (Å²) in [5.74, 6) is -0.644. The van der Waals surface area contributed by atoms with Gasteiger partial charge in [-0.15, -0.1) is 11.3 Å². The summed E-state index contributed by atoms with van der Waals surface area (Å²) in [6.45, 7) is 1.49. The summed E-state index contributed by atoms with van der Waals surface area (Å²) in [5, 5.41) is 6.35. The second-order valence-corrected chi connectivity index (χ2v) is 8.31. The summed E-state index contributed by atoms with van der Waals surface area (Å²) in [4.78, 5) is 42.7. The number of thiophene rings is 1. The third-order valence-electron chi connectivity index (χ3n) is 5.08. The van der Waals surface area contributed by atoms with Crippen LogP contribution in [0.15, 0.2) is 48.8 Å². The Labute approximate surface area is 178 Å². The molecular weight excluding hydrogens is 398 g/mol. The van der Waals surface area contributed by atoms with Gasteiger partial charge in [0, 0.05) is 28.5 Å². The quantitative estimate of drug-likeness (QED) is 0.585. The van der Waals surface area contributed by atoms with Gasteiger partial charge in [-0.1, -0.05) is 12.1 Å². The standard InChI is InChI=1S/C23H21N3O3S/c1-14(27)15-6-4-8-17(12-15)25-22(29)20-18-9-2-3-10-19(18)30-23(20)26-21(28)16-7-5-11-24-13-16/h4-8,11-13H,2-3,9-10H2,1H3,(H,25,29)(H,26,28). The number of pyridine rings is 1. The highest BCUT2D eigenvalue weighted by Crippen LogP contribution is 2.38. The molecule has 4 rings (SSSR count). The molecule has 2 amide bonds. The minimum Gasteiger partial charge on any atom is -0.322 e. The number of hydrogen-bond acceptors (Lipinski definition) is 5. The molecule has 1 aliphatic rings. The van der Waals surface area contributed by atoms with Crippen molar-refractivity contribution in [2.45, 2.75) is 32.6 Å². The second-order valence-electron chi connectivity index (χ2n) is 7.20. The van der Waals surface area contributed by atoms with Gasteiger partial charge in [0.2, 0.25) is 0 Å². The van der Waals surface area contributed by atoms with Crippen LogP contribution in [0.3, 0.4) is 0 Å². The Morgan fingerprint density at radius 1 is 0.967 bits per heavy atom. The van der Waals surface area contributed by atoms with Crippen LogP contribution in [0.25, 0.3) is 0 Å². The van der Waals surface area contributed by atoms with Crippen molar-refractivity contribution in [3.8, 4) is 0 Å². The van der Waals surface area contributed by atoms with Crippen molar-refractivity contribution in [2.24, 2.45) is 0 Å². The number of hydrogen-bond donors (Lipinski definition) is 2. The van der Waals surface area contributed by atoms with Gasteiger partial charge in [0.25, 0.3) is 11.8 Å². The van der Waals surface area contributed by atoms with Gasteiger partial charge in [0.05, 0.1) is 11.1 Å². The molecule has 1 aliphatic carbocycles. The van der Waals surface area contributed by atoms with E-state index in [9.17, 15) is 14.4 Å². The van der Waals surface area contributed by atoms with Crippen LogP contribution in [0.4, 0.5) is 10.7 Å². The number of anilines is 2. The summed E-state index contributed by atoms with van der Waals surface area (Å²) in [6.07, 6.45) is 6.91. The van der Waals surface area contributed by atoms with E-state index in [0.717, 1.165) is 36.1 Å². The van der Waals surface area contributed by atoms with E-state index in [1.54, 1.807) is 42.6 Å². The van der Waals surface area contributed by atoms with Crippen molar-refractivity contribution in [1.29, 1.82) is 0 Å². The molecule has 3 aromatic rings. The minimum absolute atomic E-state index is 0.0663. The highest BCUT2D eigenvalue weighted by Gasteiger charge is 2.26. The first-order chi connectivity index (χ1) is 14.5. The lowest BCUT2D eigenvalue weighted by Crippen LogP contribution is -2.19. The predicted molar refractivity (Wildman–Crippen MR) is 118 cm³/mol. The first kappa shape index (κ1) is 20.0. The number of carbonyl (C=O) groups is 3. The molecule has 1 aromatic carbocycles. The highest BCUT2D eigenvalue weighted by molar-refractivity contribution is 7.17. The number of ketones is 1. The fourth-order valence-electron chi connectivity index (χ4n) is 3.58. The number of fused-ring (bicyclic) bond motifs is 1. The van der Waals surface area contributed by atoms with Crippen LogP contribution >= 0.6 is 11.3 Å². The molecule has 0 bridgehead atoms. The first-order valence-corrected chi connectivity index (χ1v) is 10.6. The van der Waals surface area contributed by atoms with E-state index in [1.165, 1.54) is 24.5 Å². The Hall–Kier alpha value is -3.32. The zero-order chi connectivity index (χ0) is 21.1. The van der Waals surface area contributed by atoms with E-state index in [4.69, 9.17) is 0 Å². The van der Waals surface area contributed by atoms with Gasteiger partial charge in [-0.2, -0.15) is 0 Å². The van der Waals surface area contributed by atoms with Gasteiger partial charge in [0.15, 0.2) is 5.78 Å². The zero-order valence-corrected chi connectivity index (χ0v) is 17.3. The molecular formula is C23H21N3O3S. The lowest BCUT2D eigenvalue weighted by atomic mass is 9.95. The Bertz CT molecular complexity index is 1120. The van der Waals surface area contributed by atoms with Gasteiger partial charge in [-0.3, -0.25) is 19.4 Å². The van der Waals surface area contributed by atoms with Crippen LogP contribution in [-0.2, 0) is 12.8 Å². The Morgan fingerprint density at radius 3 is 2.53 bits per heavy atom. The van der Waals surface area contributed by atoms with Crippen molar-refractivity contribution in [3.63, 3.8) is 0 Å². The first-order valence-electron chi connectivity index (χ1n) is 9.81. The van der Waals surface area contributed by atoms with Crippen molar-refractivity contribution < 1.29 is 14.4 Å². The van der Waals surface area contributed by atoms with E-state index in [0.29, 0.717) is 27.4 Å². The van der Waals surface area contributed by atoms with Crippen molar-refractivity contribution in [3.05, 3.63) is 75.9 Å². The number of benzene rings is 1. The number of Topliss-reactive ketones (excluding diaryl/α,β-unsaturated/α-hetero) is 1. The number of nitrogens with zero attached hydrogens (tertiary/aromatic N) is 1. The van der Waals surface area contributed by atoms with Gasteiger partial charge in [0.1, 0.15) is 5.00 Å². The maximum absolute atomic E-state index is 13.2. The van der Waals surface area contributed by atoms with E-state index in [2.05, 4.69) is 15.6 Å². The topological polar surface area (TPSA) is 88.2 Å². The maximum Gasteiger partial charge on any atom is 0.258 e. The van der Waals surface area contributed by atoms with E-state index >= 15 is 0 Å². The molecule has 0 unspecified atom stereocenters. The van der Waals surface area contributed by atoms with Crippen LogP contribution in [-0.4, -0.2) is 22.6 Å². The van der Waals surface area contributed by atoms with Crippen LogP contribution in [0.1, 0.15) is 61.3 Å². The number of aryl methyl sites for hydroxylation is 1. The SMILES string of the molecule is CC(=O)c1cccc(NC(=O)c2c(NC(=O)c3cccnc3)sc3c2CCCC3)c1. The number of carbonyl (C=O) groups excluding carboxylic acids is 3. The zero-order valence-electron chi connectivity index (χ0n) is 16.5. The van der Waals surface area contributed by atoms with E-state index in [-0.39, 0.29) is 17.6 Å². The van der Waals surface area contributed by atoms with Crippen molar-refractivity contribution >= 4 is 39.6 Å². The van der Waals surface area contributed by atoms with Crippen LogP contribution in [0.2, 0.25) is 0 Å². The third-order valence-corrected chi connectivity index (χ3v) is 6.28. The molecule has 7 heteroatoms. The fraction of sp³-hybridized carbons (Fsp3) is 0.217. The molecule has 0 atom stereocenters. The number of rotatable bonds is 5. The van der Waals surface area contributed by atoms with E-state index in [1.807, 2.05) is 0 Å². The maximum atomic E-state index is 13.2. The Balaban J connectivity index is 1.65. The summed E-state index contributed by atoms with van der Waals surface area (Å²) < 4.78 is 0. The van der Waals surface area contributed by atoms with Gasteiger partial charge in [-0.05, 0) is 62.4 Å². The summed E-state index contributed by atoms with van der Waals surface area (Å²) in [5.41, 5.74) is 3.04. The van der Waals surface area contributed by atoms with Crippen molar-refractivity contribution in [1.82, 2.24) is 4.98 Å².